The molecular formula is C13H19F2NO. The lowest BCUT2D eigenvalue weighted by Crippen LogP contribution is -2.25. The molecule has 1 aromatic carbocycles. The predicted octanol–water partition coefficient (Wildman–Crippen LogP) is 2.93. The minimum Gasteiger partial charge on any atom is -0.366 e. The molecule has 0 aliphatic rings. The zero-order chi connectivity index (χ0) is 12.7. The molecule has 96 valence electrons. The van der Waals surface area contributed by atoms with Gasteiger partial charge in [0.2, 0.25) is 0 Å². The van der Waals surface area contributed by atoms with Crippen LogP contribution in [0.1, 0.15) is 24.2 Å². The van der Waals surface area contributed by atoms with E-state index in [-0.39, 0.29) is 6.10 Å². The zero-order valence-corrected chi connectivity index (χ0v) is 10.2. The highest BCUT2D eigenvalue weighted by atomic mass is 19.3. The van der Waals surface area contributed by atoms with Crippen molar-refractivity contribution < 1.29 is 13.5 Å². The van der Waals surface area contributed by atoms with E-state index in [1.807, 2.05) is 38.1 Å². The Hall–Kier alpha value is -1.00. The Balaban J connectivity index is 2.71. The number of hydrogen-bond donors (Lipinski definition) is 1. The van der Waals surface area contributed by atoms with Crippen LogP contribution in [0.15, 0.2) is 24.3 Å². The Morgan fingerprint density at radius 1 is 1.29 bits per heavy atom. The Kier molecular flexibility index (Phi) is 6.08. The Morgan fingerprint density at radius 3 is 2.59 bits per heavy atom. The highest BCUT2D eigenvalue weighted by Gasteiger charge is 2.15. The normalized spacial score (nSPS) is 13.0. The first-order valence-electron chi connectivity index (χ1n) is 5.81. The maximum atomic E-state index is 12.2. The van der Waals surface area contributed by atoms with Crippen molar-refractivity contribution in [2.24, 2.45) is 0 Å². The average molecular weight is 243 g/mol. The summed E-state index contributed by atoms with van der Waals surface area (Å²) in [5.41, 5.74) is 2.03. The molecule has 0 bridgehead atoms. The summed E-state index contributed by atoms with van der Waals surface area (Å²) >= 11 is 0. The van der Waals surface area contributed by atoms with Gasteiger partial charge in [0.1, 0.15) is 6.61 Å². The zero-order valence-electron chi connectivity index (χ0n) is 10.2. The molecule has 1 aromatic rings. The van der Waals surface area contributed by atoms with Gasteiger partial charge in [-0.05, 0) is 24.6 Å². The number of halogens is 2. The monoisotopic (exact) mass is 243 g/mol. The number of alkyl halides is 2. The van der Waals surface area contributed by atoms with Crippen molar-refractivity contribution in [2.75, 3.05) is 19.7 Å². The third-order valence-electron chi connectivity index (χ3n) is 2.54. The van der Waals surface area contributed by atoms with Crippen LogP contribution in [0.2, 0.25) is 0 Å². The molecule has 1 unspecified atom stereocenters. The van der Waals surface area contributed by atoms with Crippen LogP contribution in [0.5, 0.6) is 0 Å². The fourth-order valence-corrected chi connectivity index (χ4v) is 1.67. The number of ether oxygens (including phenoxy) is 1. The maximum Gasteiger partial charge on any atom is 0.261 e. The van der Waals surface area contributed by atoms with Gasteiger partial charge >= 0.3 is 0 Å². The number of rotatable bonds is 7. The summed E-state index contributed by atoms with van der Waals surface area (Å²) in [5, 5.41) is 3.13. The van der Waals surface area contributed by atoms with E-state index in [1.165, 1.54) is 0 Å². The minimum atomic E-state index is -2.43. The second kappa shape index (κ2) is 7.35. The molecule has 0 aliphatic heterocycles. The van der Waals surface area contributed by atoms with Gasteiger partial charge in [0.15, 0.2) is 0 Å². The molecule has 2 nitrogen and oxygen atoms in total. The van der Waals surface area contributed by atoms with Crippen LogP contribution >= 0.6 is 0 Å². The summed E-state index contributed by atoms with van der Waals surface area (Å²) in [6.45, 7) is 4.75. The van der Waals surface area contributed by atoms with Gasteiger partial charge in [0, 0.05) is 6.54 Å². The van der Waals surface area contributed by atoms with E-state index in [2.05, 4.69) is 5.32 Å². The molecule has 0 aliphatic carbocycles. The van der Waals surface area contributed by atoms with E-state index in [9.17, 15) is 8.78 Å². The fraction of sp³-hybridized carbons (Fsp3) is 0.538. The Bertz CT molecular complexity index is 331. The molecule has 0 heterocycles. The van der Waals surface area contributed by atoms with Crippen molar-refractivity contribution >= 4 is 0 Å². The van der Waals surface area contributed by atoms with Gasteiger partial charge in [-0.2, -0.15) is 0 Å². The lowest BCUT2D eigenvalue weighted by molar-refractivity contribution is -0.0246. The second-order valence-corrected chi connectivity index (χ2v) is 3.88. The van der Waals surface area contributed by atoms with Gasteiger partial charge in [0.25, 0.3) is 6.43 Å². The Labute approximate surface area is 101 Å². The van der Waals surface area contributed by atoms with E-state index >= 15 is 0 Å². The van der Waals surface area contributed by atoms with Crippen LogP contribution in [0, 0.1) is 6.92 Å². The molecule has 0 saturated heterocycles. The molecule has 1 rings (SSSR count). The third kappa shape index (κ3) is 4.79. The molecule has 4 heteroatoms. The van der Waals surface area contributed by atoms with Crippen LogP contribution in [0.4, 0.5) is 8.78 Å². The van der Waals surface area contributed by atoms with Gasteiger partial charge < -0.3 is 10.1 Å². The van der Waals surface area contributed by atoms with E-state index in [0.717, 1.165) is 17.7 Å². The quantitative estimate of drug-likeness (QED) is 0.795. The van der Waals surface area contributed by atoms with E-state index in [1.54, 1.807) is 0 Å². The fourth-order valence-electron chi connectivity index (χ4n) is 1.67. The molecule has 1 N–H and O–H groups in total. The number of nitrogens with one attached hydrogen (secondary N) is 1. The summed E-state index contributed by atoms with van der Waals surface area (Å²) in [4.78, 5) is 0. The standard InChI is InChI=1S/C13H19F2NO/c1-3-16-8-12(17-9-13(14)15)11-7-5-4-6-10(11)2/h4-7,12-13,16H,3,8-9H2,1-2H3. The topological polar surface area (TPSA) is 21.3 Å². The van der Waals surface area contributed by atoms with Crippen molar-refractivity contribution in [3.05, 3.63) is 35.4 Å². The van der Waals surface area contributed by atoms with E-state index < -0.39 is 13.0 Å². The third-order valence-corrected chi connectivity index (χ3v) is 2.54. The number of hydrogen-bond acceptors (Lipinski definition) is 2. The van der Waals surface area contributed by atoms with Gasteiger partial charge in [-0.1, -0.05) is 31.2 Å². The predicted molar refractivity (Wildman–Crippen MR) is 64.4 cm³/mol. The molecule has 0 saturated carbocycles. The molecule has 0 amide bonds. The lowest BCUT2D eigenvalue weighted by Gasteiger charge is -2.20. The number of benzene rings is 1. The summed E-state index contributed by atoms with van der Waals surface area (Å²) in [6, 6.07) is 7.70. The van der Waals surface area contributed by atoms with Crippen molar-refractivity contribution in [1.29, 1.82) is 0 Å². The first-order valence-corrected chi connectivity index (χ1v) is 5.81. The van der Waals surface area contributed by atoms with Gasteiger partial charge in [-0.15, -0.1) is 0 Å². The summed E-state index contributed by atoms with van der Waals surface area (Å²) in [7, 11) is 0. The smallest absolute Gasteiger partial charge is 0.261 e. The van der Waals surface area contributed by atoms with Crippen LogP contribution in [0.3, 0.4) is 0 Å². The summed E-state index contributed by atoms with van der Waals surface area (Å²) < 4.78 is 29.6. The van der Waals surface area contributed by atoms with Crippen molar-refractivity contribution in [3.8, 4) is 0 Å². The van der Waals surface area contributed by atoms with Crippen molar-refractivity contribution in [1.82, 2.24) is 5.32 Å². The largest absolute Gasteiger partial charge is 0.366 e. The summed E-state index contributed by atoms with van der Waals surface area (Å²) in [6.07, 6.45) is -2.74. The highest BCUT2D eigenvalue weighted by Crippen LogP contribution is 2.21. The highest BCUT2D eigenvalue weighted by molar-refractivity contribution is 5.28. The van der Waals surface area contributed by atoms with Crippen molar-refractivity contribution in [2.45, 2.75) is 26.4 Å². The van der Waals surface area contributed by atoms with E-state index in [0.29, 0.717) is 6.54 Å². The molecule has 0 aromatic heterocycles. The van der Waals surface area contributed by atoms with Gasteiger partial charge in [-0.3, -0.25) is 0 Å². The average Bonchev–Trinajstić information content (AvgIpc) is 2.30. The van der Waals surface area contributed by atoms with Crippen molar-refractivity contribution in [3.63, 3.8) is 0 Å². The van der Waals surface area contributed by atoms with Gasteiger partial charge in [-0.25, -0.2) is 8.78 Å². The van der Waals surface area contributed by atoms with Crippen LogP contribution in [0.25, 0.3) is 0 Å². The van der Waals surface area contributed by atoms with Crippen LogP contribution in [-0.4, -0.2) is 26.1 Å². The molecule has 0 fully saturated rings. The SMILES string of the molecule is CCNCC(OCC(F)F)c1ccccc1C. The molecule has 17 heavy (non-hydrogen) atoms. The molecular weight excluding hydrogens is 224 g/mol. The Morgan fingerprint density at radius 2 is 2.00 bits per heavy atom. The first-order chi connectivity index (χ1) is 8.15. The van der Waals surface area contributed by atoms with E-state index in [4.69, 9.17) is 4.74 Å². The number of aryl methyl sites for hydroxylation is 1. The summed E-state index contributed by atoms with van der Waals surface area (Å²) in [5.74, 6) is 0. The van der Waals surface area contributed by atoms with Crippen LogP contribution < -0.4 is 5.32 Å². The minimum absolute atomic E-state index is 0.315. The maximum absolute atomic E-state index is 12.2. The second-order valence-electron chi connectivity index (χ2n) is 3.88. The molecule has 0 spiro atoms. The molecule has 1 atom stereocenters. The van der Waals surface area contributed by atoms with Gasteiger partial charge in [0.05, 0.1) is 6.10 Å². The van der Waals surface area contributed by atoms with Crippen LogP contribution in [-0.2, 0) is 4.74 Å². The lowest BCUT2D eigenvalue weighted by atomic mass is 10.0. The first kappa shape index (κ1) is 14.1. The number of likely N-dealkylation sites (N-methyl/N-ethyl adjacent to an activating group) is 1. The molecule has 0 radical (unpaired) electrons.